The first-order chi connectivity index (χ1) is 14.4. The van der Waals surface area contributed by atoms with Crippen LogP contribution in [0, 0.1) is 6.92 Å². The van der Waals surface area contributed by atoms with Crippen LogP contribution in [0.5, 0.6) is 0 Å². The van der Waals surface area contributed by atoms with Crippen LogP contribution < -0.4 is 5.32 Å². The second-order valence-electron chi connectivity index (χ2n) is 7.86. The largest absolute Gasteiger partial charge is 0.352 e. The molecule has 1 saturated carbocycles. The summed E-state index contributed by atoms with van der Waals surface area (Å²) in [6.07, 6.45) is 4.36. The summed E-state index contributed by atoms with van der Waals surface area (Å²) in [5.74, 6) is 0.154. The topological polar surface area (TPSA) is 49.4 Å². The van der Waals surface area contributed by atoms with Crippen molar-refractivity contribution in [1.29, 1.82) is 0 Å². The molecular formula is C24H29ClN2O2S. The Morgan fingerprint density at radius 1 is 1.13 bits per heavy atom. The normalized spacial score (nSPS) is 15.0. The highest BCUT2D eigenvalue weighted by molar-refractivity contribution is 8.00. The van der Waals surface area contributed by atoms with E-state index in [0.29, 0.717) is 11.6 Å². The molecule has 1 N–H and O–H groups in total. The van der Waals surface area contributed by atoms with Crippen molar-refractivity contribution in [2.24, 2.45) is 0 Å². The third kappa shape index (κ3) is 6.26. The Kier molecular flexibility index (Phi) is 8.23. The molecule has 1 atom stereocenters. The molecule has 160 valence electrons. The molecule has 2 aromatic carbocycles. The summed E-state index contributed by atoms with van der Waals surface area (Å²) in [6, 6.07) is 15.2. The van der Waals surface area contributed by atoms with Crippen LogP contribution in [0.15, 0.2) is 53.4 Å². The Bertz CT molecular complexity index is 866. The molecule has 0 unspecified atom stereocenters. The number of hydrogen-bond acceptors (Lipinski definition) is 3. The average Bonchev–Trinajstić information content (AvgIpc) is 3.25. The van der Waals surface area contributed by atoms with Crippen LogP contribution in [-0.4, -0.2) is 34.6 Å². The highest BCUT2D eigenvalue weighted by Crippen LogP contribution is 2.23. The number of carbonyl (C=O) groups excluding carboxylic acids is 2. The van der Waals surface area contributed by atoms with Crippen LogP contribution in [0.1, 0.15) is 43.7 Å². The zero-order valence-electron chi connectivity index (χ0n) is 17.6. The van der Waals surface area contributed by atoms with Crippen LogP contribution in [0.25, 0.3) is 0 Å². The molecular weight excluding hydrogens is 416 g/mol. The van der Waals surface area contributed by atoms with Gasteiger partial charge in [-0.25, -0.2) is 0 Å². The van der Waals surface area contributed by atoms with Gasteiger partial charge >= 0.3 is 0 Å². The summed E-state index contributed by atoms with van der Waals surface area (Å²) >= 11 is 7.41. The lowest BCUT2D eigenvalue weighted by atomic mass is 10.1. The molecule has 6 heteroatoms. The second kappa shape index (κ2) is 10.9. The molecule has 0 saturated heterocycles. The minimum absolute atomic E-state index is 0.0488. The first kappa shape index (κ1) is 22.7. The molecule has 2 amide bonds. The maximum absolute atomic E-state index is 13.2. The summed E-state index contributed by atoms with van der Waals surface area (Å²) in [7, 11) is 0. The van der Waals surface area contributed by atoms with Gasteiger partial charge < -0.3 is 10.2 Å². The van der Waals surface area contributed by atoms with E-state index in [2.05, 4.69) is 5.32 Å². The molecule has 3 rings (SSSR count). The van der Waals surface area contributed by atoms with E-state index in [1.165, 1.54) is 11.8 Å². The number of nitrogens with one attached hydrogen (secondary N) is 1. The van der Waals surface area contributed by atoms with Gasteiger partial charge in [-0.3, -0.25) is 9.59 Å². The molecule has 1 aliphatic carbocycles. The van der Waals surface area contributed by atoms with E-state index in [4.69, 9.17) is 11.6 Å². The molecule has 1 fully saturated rings. The van der Waals surface area contributed by atoms with Gasteiger partial charge in [0.25, 0.3) is 0 Å². The molecule has 30 heavy (non-hydrogen) atoms. The van der Waals surface area contributed by atoms with Crippen LogP contribution in [-0.2, 0) is 16.1 Å². The van der Waals surface area contributed by atoms with E-state index in [-0.39, 0.29) is 23.6 Å². The molecule has 0 bridgehead atoms. The van der Waals surface area contributed by atoms with Crippen LogP contribution in [0.4, 0.5) is 0 Å². The van der Waals surface area contributed by atoms with Crippen molar-refractivity contribution in [1.82, 2.24) is 10.2 Å². The average molecular weight is 445 g/mol. The number of benzene rings is 2. The van der Waals surface area contributed by atoms with Crippen molar-refractivity contribution < 1.29 is 9.59 Å². The maximum Gasteiger partial charge on any atom is 0.242 e. The van der Waals surface area contributed by atoms with Crippen molar-refractivity contribution in [2.45, 2.75) is 63.1 Å². The third-order valence-corrected chi connectivity index (χ3v) is 6.90. The van der Waals surface area contributed by atoms with Crippen molar-refractivity contribution >= 4 is 35.2 Å². The van der Waals surface area contributed by atoms with E-state index < -0.39 is 6.04 Å². The first-order valence-corrected chi connectivity index (χ1v) is 11.8. The fraction of sp³-hybridized carbons (Fsp3) is 0.417. The summed E-state index contributed by atoms with van der Waals surface area (Å²) in [5, 5.41) is 3.81. The minimum Gasteiger partial charge on any atom is -0.352 e. The van der Waals surface area contributed by atoms with Gasteiger partial charge in [0.15, 0.2) is 0 Å². The standard InChI is InChI=1S/C24H29ClN2O2S/c1-17-7-3-4-8-19(17)15-27(18(2)24(29)26-21-9-5-6-10-21)23(28)16-30-22-13-11-20(25)12-14-22/h3-4,7-8,11-14,18,21H,5-6,9-10,15-16H2,1-2H3,(H,26,29)/t18-/m0/s1. The van der Waals surface area contributed by atoms with E-state index >= 15 is 0 Å². The molecule has 0 aliphatic heterocycles. The number of rotatable bonds is 8. The number of halogens is 1. The summed E-state index contributed by atoms with van der Waals surface area (Å²) in [6.45, 7) is 4.28. The highest BCUT2D eigenvalue weighted by atomic mass is 35.5. The third-order valence-electron chi connectivity index (χ3n) is 5.65. The van der Waals surface area contributed by atoms with Gasteiger partial charge in [-0.05, 0) is 62.1 Å². The van der Waals surface area contributed by atoms with E-state index in [1.807, 2.05) is 62.4 Å². The Morgan fingerprint density at radius 3 is 2.47 bits per heavy atom. The predicted molar refractivity (Wildman–Crippen MR) is 124 cm³/mol. The lowest BCUT2D eigenvalue weighted by molar-refractivity contribution is -0.139. The van der Waals surface area contributed by atoms with Crippen molar-refractivity contribution in [3.05, 3.63) is 64.7 Å². The molecule has 0 aromatic heterocycles. The number of nitrogens with zero attached hydrogens (tertiary/aromatic N) is 1. The van der Waals surface area contributed by atoms with Gasteiger partial charge in [0, 0.05) is 22.5 Å². The van der Waals surface area contributed by atoms with Crippen molar-refractivity contribution in [3.63, 3.8) is 0 Å². The Labute approximate surface area is 188 Å². The van der Waals surface area contributed by atoms with Crippen LogP contribution in [0.2, 0.25) is 5.02 Å². The van der Waals surface area contributed by atoms with Crippen LogP contribution in [0.3, 0.4) is 0 Å². The monoisotopic (exact) mass is 444 g/mol. The zero-order chi connectivity index (χ0) is 21.5. The predicted octanol–water partition coefficient (Wildman–Crippen LogP) is 5.22. The Balaban J connectivity index is 1.71. The number of hydrogen-bond donors (Lipinski definition) is 1. The fourth-order valence-corrected chi connectivity index (χ4v) is 4.61. The first-order valence-electron chi connectivity index (χ1n) is 10.5. The van der Waals surface area contributed by atoms with E-state index in [0.717, 1.165) is 41.7 Å². The maximum atomic E-state index is 13.2. The molecule has 1 aliphatic rings. The van der Waals surface area contributed by atoms with Gasteiger partial charge in [0.05, 0.1) is 5.75 Å². The minimum atomic E-state index is -0.525. The van der Waals surface area contributed by atoms with E-state index in [9.17, 15) is 9.59 Å². The lowest BCUT2D eigenvalue weighted by Crippen LogP contribution is -2.50. The molecule has 0 spiro atoms. The lowest BCUT2D eigenvalue weighted by Gasteiger charge is -2.30. The van der Waals surface area contributed by atoms with Crippen LogP contribution >= 0.6 is 23.4 Å². The number of amides is 2. The number of thioether (sulfide) groups is 1. The quantitative estimate of drug-likeness (QED) is 0.568. The smallest absolute Gasteiger partial charge is 0.242 e. The van der Waals surface area contributed by atoms with Crippen molar-refractivity contribution in [3.8, 4) is 0 Å². The van der Waals surface area contributed by atoms with E-state index in [1.54, 1.807) is 4.90 Å². The van der Waals surface area contributed by atoms with Gasteiger partial charge in [-0.2, -0.15) is 0 Å². The summed E-state index contributed by atoms with van der Waals surface area (Å²) in [4.78, 5) is 28.8. The molecule has 0 heterocycles. The molecule has 2 aromatic rings. The summed E-state index contributed by atoms with van der Waals surface area (Å²) < 4.78 is 0. The van der Waals surface area contributed by atoms with Gasteiger partial charge in [-0.1, -0.05) is 48.7 Å². The SMILES string of the molecule is Cc1ccccc1CN(C(=O)CSc1ccc(Cl)cc1)[C@@H](C)C(=O)NC1CCCC1. The fourth-order valence-electron chi connectivity index (χ4n) is 3.70. The zero-order valence-corrected chi connectivity index (χ0v) is 19.1. The Hall–Kier alpha value is -1.98. The van der Waals surface area contributed by atoms with Gasteiger partial charge in [-0.15, -0.1) is 11.8 Å². The number of carbonyl (C=O) groups is 2. The highest BCUT2D eigenvalue weighted by Gasteiger charge is 2.28. The van der Waals surface area contributed by atoms with Crippen molar-refractivity contribution in [2.75, 3.05) is 5.75 Å². The number of aryl methyl sites for hydroxylation is 1. The Morgan fingerprint density at radius 2 is 1.80 bits per heavy atom. The molecule has 0 radical (unpaired) electrons. The van der Waals surface area contributed by atoms with Gasteiger partial charge in [0.1, 0.15) is 6.04 Å². The van der Waals surface area contributed by atoms with Gasteiger partial charge in [0.2, 0.25) is 11.8 Å². The summed E-state index contributed by atoms with van der Waals surface area (Å²) in [5.41, 5.74) is 2.17. The second-order valence-corrected chi connectivity index (χ2v) is 9.34. The molecule has 4 nitrogen and oxygen atoms in total.